The number of hydrogen-bond donors (Lipinski definition) is 0. The van der Waals surface area contributed by atoms with Crippen LogP contribution in [-0.2, 0) is 13.0 Å². The minimum atomic E-state index is 0.253. The second kappa shape index (κ2) is 5.59. The van der Waals surface area contributed by atoms with Crippen molar-refractivity contribution in [1.82, 2.24) is 5.16 Å². The van der Waals surface area contributed by atoms with Crippen molar-refractivity contribution in [2.75, 3.05) is 0 Å². The highest BCUT2D eigenvalue weighted by Gasteiger charge is 2.22. The second-order valence-electron chi connectivity index (χ2n) is 5.50. The molecule has 19 heavy (non-hydrogen) atoms. The van der Waals surface area contributed by atoms with Crippen molar-refractivity contribution in [2.45, 2.75) is 59.4 Å². The maximum atomic E-state index is 5.86. The van der Waals surface area contributed by atoms with Gasteiger partial charge in [-0.3, -0.25) is 0 Å². The minimum Gasteiger partial charge on any atom is -0.361 e. The smallest absolute Gasteiger partial charge is 0.222 e. The third-order valence-corrected chi connectivity index (χ3v) is 3.35. The SMILES string of the molecule is CCc1cc(C(C)C[n+]2cc(C)c(C(C)C)o2)on1. The maximum Gasteiger partial charge on any atom is 0.222 e. The molecule has 104 valence electrons. The molecular weight excluding hydrogens is 240 g/mol. The van der Waals surface area contributed by atoms with Gasteiger partial charge in [0.15, 0.2) is 5.76 Å². The Morgan fingerprint density at radius 3 is 2.58 bits per heavy atom. The Bertz CT molecular complexity index is 540. The summed E-state index contributed by atoms with van der Waals surface area (Å²) in [5.74, 6) is 2.64. The molecule has 4 heteroatoms. The van der Waals surface area contributed by atoms with Crippen LogP contribution in [0, 0.1) is 6.92 Å². The molecule has 0 fully saturated rings. The van der Waals surface area contributed by atoms with E-state index in [-0.39, 0.29) is 5.92 Å². The van der Waals surface area contributed by atoms with Gasteiger partial charge in [-0.2, -0.15) is 0 Å². The molecule has 0 radical (unpaired) electrons. The molecule has 1 unspecified atom stereocenters. The van der Waals surface area contributed by atoms with Gasteiger partial charge in [0.2, 0.25) is 12.7 Å². The van der Waals surface area contributed by atoms with Crippen molar-refractivity contribution in [3.63, 3.8) is 0 Å². The summed E-state index contributed by atoms with van der Waals surface area (Å²) in [6, 6.07) is 2.03. The van der Waals surface area contributed by atoms with Crippen molar-refractivity contribution in [3.05, 3.63) is 35.0 Å². The standard InChI is InChI=1S/C15H23N2O2/c1-6-13-7-14(18-16-13)11(4)8-17-9-12(5)15(19-17)10(2)3/h7,9-11H,6,8H2,1-5H3/q+1. The van der Waals surface area contributed by atoms with Crippen molar-refractivity contribution in [2.24, 2.45) is 0 Å². The molecule has 1 atom stereocenters. The molecule has 2 heterocycles. The first-order valence-electron chi connectivity index (χ1n) is 6.97. The van der Waals surface area contributed by atoms with E-state index in [1.54, 1.807) is 0 Å². The summed E-state index contributed by atoms with van der Waals surface area (Å²) in [4.78, 5) is 0. The van der Waals surface area contributed by atoms with Gasteiger partial charge < -0.3 is 4.52 Å². The number of rotatable bonds is 5. The average molecular weight is 263 g/mol. The summed E-state index contributed by atoms with van der Waals surface area (Å²) >= 11 is 0. The third-order valence-electron chi connectivity index (χ3n) is 3.35. The lowest BCUT2D eigenvalue weighted by Crippen LogP contribution is -2.33. The van der Waals surface area contributed by atoms with Crippen LogP contribution in [0.25, 0.3) is 0 Å². The fourth-order valence-electron chi connectivity index (χ4n) is 2.24. The third kappa shape index (κ3) is 3.06. The van der Waals surface area contributed by atoms with Gasteiger partial charge in [-0.25, -0.2) is 4.52 Å². The van der Waals surface area contributed by atoms with E-state index in [0.717, 1.165) is 30.2 Å². The molecule has 0 bridgehead atoms. The van der Waals surface area contributed by atoms with Gasteiger partial charge in [-0.1, -0.05) is 25.9 Å². The molecular formula is C15H23N2O2+. The van der Waals surface area contributed by atoms with Crippen LogP contribution in [0.5, 0.6) is 0 Å². The van der Waals surface area contributed by atoms with Gasteiger partial charge in [-0.15, -0.1) is 0 Å². The highest BCUT2D eigenvalue weighted by Crippen LogP contribution is 2.20. The molecule has 0 spiro atoms. The predicted molar refractivity (Wildman–Crippen MR) is 72.0 cm³/mol. The Morgan fingerprint density at radius 1 is 1.32 bits per heavy atom. The van der Waals surface area contributed by atoms with Crippen LogP contribution in [0.1, 0.15) is 62.3 Å². The van der Waals surface area contributed by atoms with E-state index < -0.39 is 0 Å². The zero-order chi connectivity index (χ0) is 14.0. The molecule has 0 amide bonds. The maximum absolute atomic E-state index is 5.86. The minimum absolute atomic E-state index is 0.253. The van der Waals surface area contributed by atoms with E-state index >= 15 is 0 Å². The van der Waals surface area contributed by atoms with Crippen LogP contribution in [0.4, 0.5) is 0 Å². The topological polar surface area (TPSA) is 43.0 Å². The van der Waals surface area contributed by atoms with E-state index in [0.29, 0.717) is 5.92 Å². The molecule has 4 nitrogen and oxygen atoms in total. The predicted octanol–water partition coefficient (Wildman–Crippen LogP) is 3.35. The fourth-order valence-corrected chi connectivity index (χ4v) is 2.24. The van der Waals surface area contributed by atoms with Crippen LogP contribution in [0.2, 0.25) is 0 Å². The highest BCUT2D eigenvalue weighted by molar-refractivity contribution is 5.12. The van der Waals surface area contributed by atoms with Crippen LogP contribution < -0.4 is 4.74 Å². The summed E-state index contributed by atoms with van der Waals surface area (Å²) in [6.45, 7) is 11.3. The zero-order valence-corrected chi connectivity index (χ0v) is 12.4. The van der Waals surface area contributed by atoms with Crippen LogP contribution in [0.15, 0.2) is 21.3 Å². The molecule has 0 aliphatic rings. The first kappa shape index (κ1) is 13.8. The number of nitrogens with zero attached hydrogens (tertiary/aromatic N) is 2. The van der Waals surface area contributed by atoms with E-state index in [4.69, 9.17) is 9.05 Å². The Balaban J connectivity index is 2.10. The number of aryl methyl sites for hydroxylation is 2. The average Bonchev–Trinajstić information content (AvgIpc) is 2.95. The first-order chi connectivity index (χ1) is 9.01. The lowest BCUT2D eigenvalue weighted by Gasteiger charge is -2.00. The summed E-state index contributed by atoms with van der Waals surface area (Å²) in [5.41, 5.74) is 2.21. The quantitative estimate of drug-likeness (QED) is 0.777. The van der Waals surface area contributed by atoms with E-state index in [2.05, 4.69) is 46.0 Å². The van der Waals surface area contributed by atoms with E-state index in [1.807, 2.05) is 10.8 Å². The Hall–Kier alpha value is -1.58. The van der Waals surface area contributed by atoms with Gasteiger partial charge in [0.1, 0.15) is 5.76 Å². The van der Waals surface area contributed by atoms with Gasteiger partial charge >= 0.3 is 0 Å². The van der Waals surface area contributed by atoms with Crippen molar-refractivity contribution >= 4 is 0 Å². The van der Waals surface area contributed by atoms with Gasteiger partial charge in [0.05, 0.1) is 17.2 Å². The molecule has 0 saturated heterocycles. The van der Waals surface area contributed by atoms with Crippen molar-refractivity contribution < 1.29 is 13.8 Å². The Labute approximate surface area is 114 Å². The van der Waals surface area contributed by atoms with Gasteiger partial charge in [0, 0.05) is 12.0 Å². The largest absolute Gasteiger partial charge is 0.361 e. The van der Waals surface area contributed by atoms with Gasteiger partial charge in [-0.05, 0) is 25.0 Å². The molecule has 0 aliphatic heterocycles. The molecule has 2 rings (SSSR count). The normalized spacial score (nSPS) is 13.2. The van der Waals surface area contributed by atoms with Crippen molar-refractivity contribution in [1.29, 1.82) is 0 Å². The molecule has 0 aromatic carbocycles. The lowest BCUT2D eigenvalue weighted by molar-refractivity contribution is -0.866. The first-order valence-corrected chi connectivity index (χ1v) is 6.97. The molecule has 0 N–H and O–H groups in total. The zero-order valence-electron chi connectivity index (χ0n) is 12.4. The molecule has 0 aliphatic carbocycles. The summed E-state index contributed by atoms with van der Waals surface area (Å²) in [6.07, 6.45) is 2.96. The number of hydrogen-bond acceptors (Lipinski definition) is 3. The summed E-state index contributed by atoms with van der Waals surface area (Å²) < 4.78 is 13.1. The second-order valence-corrected chi connectivity index (χ2v) is 5.50. The Morgan fingerprint density at radius 2 is 2.05 bits per heavy atom. The van der Waals surface area contributed by atoms with E-state index in [9.17, 15) is 0 Å². The molecule has 0 saturated carbocycles. The summed E-state index contributed by atoms with van der Waals surface area (Å²) in [7, 11) is 0. The van der Waals surface area contributed by atoms with Crippen LogP contribution in [-0.4, -0.2) is 5.16 Å². The van der Waals surface area contributed by atoms with Crippen LogP contribution in [0.3, 0.4) is 0 Å². The summed E-state index contributed by atoms with van der Waals surface area (Å²) in [5, 5.41) is 4.03. The van der Waals surface area contributed by atoms with E-state index in [1.165, 1.54) is 5.56 Å². The Kier molecular flexibility index (Phi) is 4.08. The molecule has 2 aromatic heterocycles. The van der Waals surface area contributed by atoms with Crippen molar-refractivity contribution in [3.8, 4) is 0 Å². The lowest BCUT2D eigenvalue weighted by atomic mass is 10.1. The highest BCUT2D eigenvalue weighted by atomic mass is 16.5. The monoisotopic (exact) mass is 263 g/mol. The number of aromatic nitrogens is 2. The molecule has 2 aromatic rings. The fraction of sp³-hybridized carbons (Fsp3) is 0.600. The van der Waals surface area contributed by atoms with Crippen LogP contribution >= 0.6 is 0 Å². The van der Waals surface area contributed by atoms with Gasteiger partial charge in [0.25, 0.3) is 0 Å².